The minimum absolute atomic E-state index is 0.0675. The highest BCUT2D eigenvalue weighted by molar-refractivity contribution is 7.10. The van der Waals surface area contributed by atoms with Crippen molar-refractivity contribution in [2.24, 2.45) is 5.10 Å². The predicted octanol–water partition coefficient (Wildman–Crippen LogP) is 3.15. The Bertz CT molecular complexity index is 664. The first-order chi connectivity index (χ1) is 9.66. The van der Waals surface area contributed by atoms with E-state index in [0.29, 0.717) is 12.0 Å². The second-order valence-electron chi connectivity index (χ2n) is 4.66. The van der Waals surface area contributed by atoms with Crippen LogP contribution in [0.4, 0.5) is 0 Å². The zero-order valence-electron chi connectivity index (χ0n) is 11.0. The average molecular weight is 286 g/mol. The monoisotopic (exact) mass is 286 g/mol. The van der Waals surface area contributed by atoms with Crippen molar-refractivity contribution in [2.45, 2.75) is 19.4 Å². The van der Waals surface area contributed by atoms with Gasteiger partial charge >= 0.3 is 0 Å². The first kappa shape index (κ1) is 12.9. The van der Waals surface area contributed by atoms with Gasteiger partial charge in [-0.05, 0) is 23.6 Å². The van der Waals surface area contributed by atoms with Crippen LogP contribution in [0.25, 0.3) is 0 Å². The van der Waals surface area contributed by atoms with Crippen molar-refractivity contribution < 1.29 is 9.90 Å². The highest BCUT2D eigenvalue weighted by Crippen LogP contribution is 2.36. The molecule has 0 bridgehead atoms. The fraction of sp³-hybridized carbons (Fsp3) is 0.200. The summed E-state index contributed by atoms with van der Waals surface area (Å²) in [6.07, 6.45) is 0.623. The van der Waals surface area contributed by atoms with Crippen LogP contribution in [-0.2, 0) is 4.79 Å². The molecule has 20 heavy (non-hydrogen) atoms. The van der Waals surface area contributed by atoms with Gasteiger partial charge in [0.05, 0.1) is 11.8 Å². The summed E-state index contributed by atoms with van der Waals surface area (Å²) in [5, 5.41) is 17.8. The SMILES string of the molecule is CC(=O)N1N=C(c2ccccc2O)C[C@@H]1c1cccs1. The molecule has 0 saturated carbocycles. The minimum Gasteiger partial charge on any atom is -0.507 e. The number of thiophene rings is 1. The fourth-order valence-corrected chi connectivity index (χ4v) is 3.20. The van der Waals surface area contributed by atoms with Gasteiger partial charge in [0, 0.05) is 23.8 Å². The lowest BCUT2D eigenvalue weighted by Gasteiger charge is -2.18. The van der Waals surface area contributed by atoms with E-state index in [4.69, 9.17) is 0 Å². The molecule has 5 heteroatoms. The topological polar surface area (TPSA) is 52.9 Å². The van der Waals surface area contributed by atoms with E-state index in [2.05, 4.69) is 5.10 Å². The number of hydrogen-bond donors (Lipinski definition) is 1. The predicted molar refractivity (Wildman–Crippen MR) is 78.8 cm³/mol. The maximum absolute atomic E-state index is 11.8. The van der Waals surface area contributed by atoms with Gasteiger partial charge in [-0.3, -0.25) is 4.79 Å². The molecule has 1 aliphatic heterocycles. The number of carbonyl (C=O) groups is 1. The number of nitrogens with zero attached hydrogens (tertiary/aromatic N) is 2. The minimum atomic E-state index is -0.0891. The molecule has 0 radical (unpaired) electrons. The Morgan fingerprint density at radius 2 is 2.15 bits per heavy atom. The summed E-state index contributed by atoms with van der Waals surface area (Å²) in [7, 11) is 0. The molecular weight excluding hydrogens is 272 g/mol. The van der Waals surface area contributed by atoms with E-state index in [9.17, 15) is 9.90 Å². The Hall–Kier alpha value is -2.14. The van der Waals surface area contributed by atoms with Gasteiger partial charge in [-0.25, -0.2) is 5.01 Å². The summed E-state index contributed by atoms with van der Waals surface area (Å²) in [5.74, 6) is 0.107. The summed E-state index contributed by atoms with van der Waals surface area (Å²) in [6.45, 7) is 1.51. The normalized spacial score (nSPS) is 18.1. The molecule has 1 aromatic carbocycles. The van der Waals surface area contributed by atoms with Crippen molar-refractivity contribution in [1.29, 1.82) is 0 Å². The maximum atomic E-state index is 11.8. The van der Waals surface area contributed by atoms with E-state index < -0.39 is 0 Å². The van der Waals surface area contributed by atoms with Gasteiger partial charge in [0.25, 0.3) is 0 Å². The van der Waals surface area contributed by atoms with Gasteiger partial charge in [0.2, 0.25) is 5.91 Å². The molecule has 0 saturated heterocycles. The van der Waals surface area contributed by atoms with E-state index in [1.807, 2.05) is 29.6 Å². The Balaban J connectivity index is 1.97. The zero-order chi connectivity index (χ0) is 14.1. The summed E-state index contributed by atoms with van der Waals surface area (Å²) < 4.78 is 0. The van der Waals surface area contributed by atoms with Gasteiger partial charge < -0.3 is 5.11 Å². The molecular formula is C15H14N2O2S. The number of hydrogen-bond acceptors (Lipinski definition) is 4. The average Bonchev–Trinajstić information content (AvgIpc) is 3.08. The Kier molecular flexibility index (Phi) is 3.28. The third-order valence-corrected chi connectivity index (χ3v) is 4.29. The standard InChI is InChI=1S/C15H14N2O2S/c1-10(18)17-13(15-7-4-8-20-15)9-12(16-17)11-5-2-3-6-14(11)19/h2-8,13,19H,9H2,1H3/t13-/m1/s1. The number of phenols is 1. The van der Waals surface area contributed by atoms with Crippen LogP contribution in [0.3, 0.4) is 0 Å². The van der Waals surface area contributed by atoms with Crippen LogP contribution in [0.1, 0.15) is 29.8 Å². The molecule has 0 spiro atoms. The van der Waals surface area contributed by atoms with Crippen LogP contribution < -0.4 is 0 Å². The smallest absolute Gasteiger partial charge is 0.240 e. The number of para-hydroxylation sites is 1. The Morgan fingerprint density at radius 1 is 1.35 bits per heavy atom. The first-order valence-electron chi connectivity index (χ1n) is 6.36. The van der Waals surface area contributed by atoms with Crippen LogP contribution in [0.15, 0.2) is 46.9 Å². The lowest BCUT2D eigenvalue weighted by Crippen LogP contribution is -2.23. The largest absolute Gasteiger partial charge is 0.507 e. The van der Waals surface area contributed by atoms with Crippen molar-refractivity contribution in [1.82, 2.24) is 5.01 Å². The molecule has 1 aromatic heterocycles. The van der Waals surface area contributed by atoms with Crippen LogP contribution in [0, 0.1) is 0 Å². The number of hydrazone groups is 1. The van der Waals surface area contributed by atoms with E-state index in [-0.39, 0.29) is 17.7 Å². The summed E-state index contributed by atoms with van der Waals surface area (Å²) >= 11 is 1.61. The molecule has 4 nitrogen and oxygen atoms in total. The van der Waals surface area contributed by atoms with Crippen molar-refractivity contribution in [2.75, 3.05) is 0 Å². The highest BCUT2D eigenvalue weighted by atomic mass is 32.1. The number of rotatable bonds is 2. The molecule has 1 amide bonds. The van der Waals surface area contributed by atoms with Crippen LogP contribution >= 0.6 is 11.3 Å². The summed E-state index contributed by atoms with van der Waals surface area (Å²) in [5.41, 5.74) is 1.44. The third kappa shape index (κ3) is 2.20. The fourth-order valence-electron chi connectivity index (χ4n) is 2.38. The third-order valence-electron chi connectivity index (χ3n) is 3.32. The molecule has 1 atom stereocenters. The molecule has 0 unspecified atom stereocenters. The number of amides is 1. The van der Waals surface area contributed by atoms with E-state index >= 15 is 0 Å². The quantitative estimate of drug-likeness (QED) is 0.922. The number of phenolic OH excluding ortho intramolecular Hbond substituents is 1. The van der Waals surface area contributed by atoms with Crippen molar-refractivity contribution in [3.8, 4) is 5.75 Å². The van der Waals surface area contributed by atoms with Gasteiger partial charge in [-0.1, -0.05) is 18.2 Å². The molecule has 2 aromatic rings. The lowest BCUT2D eigenvalue weighted by molar-refractivity contribution is -0.130. The second-order valence-corrected chi connectivity index (χ2v) is 5.64. The summed E-state index contributed by atoms with van der Waals surface area (Å²) in [4.78, 5) is 12.9. The van der Waals surface area contributed by atoms with E-state index in [0.717, 1.165) is 10.6 Å². The van der Waals surface area contributed by atoms with E-state index in [1.165, 1.54) is 11.9 Å². The number of carbonyl (C=O) groups excluding carboxylic acids is 1. The number of aromatic hydroxyl groups is 1. The van der Waals surface area contributed by atoms with Gasteiger partial charge in [0.1, 0.15) is 5.75 Å². The van der Waals surface area contributed by atoms with Crippen LogP contribution in [0.5, 0.6) is 5.75 Å². The van der Waals surface area contributed by atoms with Gasteiger partial charge in [-0.2, -0.15) is 5.10 Å². The second kappa shape index (κ2) is 5.09. The van der Waals surface area contributed by atoms with Crippen LogP contribution in [0.2, 0.25) is 0 Å². The highest BCUT2D eigenvalue weighted by Gasteiger charge is 2.32. The van der Waals surface area contributed by atoms with Crippen LogP contribution in [-0.4, -0.2) is 21.7 Å². The first-order valence-corrected chi connectivity index (χ1v) is 7.24. The molecule has 102 valence electrons. The molecule has 0 fully saturated rings. The van der Waals surface area contributed by atoms with Crippen molar-refractivity contribution in [3.05, 3.63) is 52.2 Å². The molecule has 2 heterocycles. The van der Waals surface area contributed by atoms with Crippen molar-refractivity contribution in [3.63, 3.8) is 0 Å². The molecule has 0 aliphatic carbocycles. The van der Waals surface area contributed by atoms with Gasteiger partial charge in [0.15, 0.2) is 0 Å². The van der Waals surface area contributed by atoms with Crippen molar-refractivity contribution >= 4 is 23.0 Å². The molecule has 1 aliphatic rings. The number of benzene rings is 1. The van der Waals surface area contributed by atoms with E-state index in [1.54, 1.807) is 23.5 Å². The zero-order valence-corrected chi connectivity index (χ0v) is 11.8. The summed E-state index contributed by atoms with van der Waals surface area (Å²) in [6, 6.07) is 11.0. The molecule has 1 N–H and O–H groups in total. The maximum Gasteiger partial charge on any atom is 0.240 e. The lowest BCUT2D eigenvalue weighted by atomic mass is 10.0. The van der Waals surface area contributed by atoms with Gasteiger partial charge in [-0.15, -0.1) is 11.3 Å². The Labute approximate surface area is 121 Å². The molecule has 3 rings (SSSR count). The Morgan fingerprint density at radius 3 is 2.80 bits per heavy atom.